The second-order valence-electron chi connectivity index (χ2n) is 7.84. The van der Waals surface area contributed by atoms with Crippen molar-refractivity contribution in [2.75, 3.05) is 13.2 Å². The summed E-state index contributed by atoms with van der Waals surface area (Å²) >= 11 is 0. The van der Waals surface area contributed by atoms with Gasteiger partial charge in [0.25, 0.3) is 0 Å². The van der Waals surface area contributed by atoms with E-state index in [1.165, 1.54) is 0 Å². The lowest BCUT2D eigenvalue weighted by Gasteiger charge is -2.17. The number of imidazole rings is 1. The molecule has 0 aliphatic heterocycles. The molecule has 0 radical (unpaired) electrons. The molecule has 138 valence electrons. The summed E-state index contributed by atoms with van der Waals surface area (Å²) in [6, 6.07) is 16.1. The highest BCUT2D eigenvalue weighted by Gasteiger charge is 2.12. The molecule has 1 heterocycles. The maximum Gasteiger partial charge on any atom is 0.141 e. The smallest absolute Gasteiger partial charge is 0.141 e. The normalized spacial score (nSPS) is 11.8. The van der Waals surface area contributed by atoms with Crippen molar-refractivity contribution in [3.05, 3.63) is 48.5 Å². The van der Waals surface area contributed by atoms with E-state index in [9.17, 15) is 5.11 Å². The molecule has 0 saturated carbocycles. The third-order valence-corrected chi connectivity index (χ3v) is 4.43. The van der Waals surface area contributed by atoms with Gasteiger partial charge in [-0.3, -0.25) is 0 Å². The van der Waals surface area contributed by atoms with Crippen LogP contribution in [-0.4, -0.2) is 27.9 Å². The number of nitrogens with zero attached hydrogens (tertiary/aromatic N) is 2. The summed E-state index contributed by atoms with van der Waals surface area (Å²) in [5.74, 6) is 1.76. The molecule has 4 nitrogen and oxygen atoms in total. The number of aromatic nitrogens is 2. The van der Waals surface area contributed by atoms with Crippen LogP contribution in [0.2, 0.25) is 0 Å². The average Bonchev–Trinajstić information content (AvgIpc) is 2.98. The third kappa shape index (κ3) is 4.44. The quantitative estimate of drug-likeness (QED) is 0.615. The molecule has 1 N–H and O–H groups in total. The standard InChI is InChI=1S/C22H28N2O2/c1-22(2,3)13-6-16-26-18-11-9-17(10-12-18)21-23-19-7-4-5-8-20(19)24(21)14-15-25/h4-5,7-12,25H,6,13-16H2,1-3H3. The minimum atomic E-state index is 0.0856. The van der Waals surface area contributed by atoms with Crippen LogP contribution in [0.25, 0.3) is 22.4 Å². The number of hydrogen-bond acceptors (Lipinski definition) is 3. The Labute approximate surface area is 155 Å². The second-order valence-corrected chi connectivity index (χ2v) is 7.84. The Morgan fingerprint density at radius 2 is 1.77 bits per heavy atom. The average molecular weight is 352 g/mol. The summed E-state index contributed by atoms with van der Waals surface area (Å²) in [7, 11) is 0. The van der Waals surface area contributed by atoms with E-state index in [-0.39, 0.29) is 6.61 Å². The fourth-order valence-electron chi connectivity index (χ4n) is 3.11. The van der Waals surface area contributed by atoms with Crippen molar-refractivity contribution in [1.82, 2.24) is 9.55 Å². The van der Waals surface area contributed by atoms with E-state index >= 15 is 0 Å². The van der Waals surface area contributed by atoms with Crippen LogP contribution in [0.15, 0.2) is 48.5 Å². The van der Waals surface area contributed by atoms with E-state index in [0.29, 0.717) is 12.0 Å². The van der Waals surface area contributed by atoms with Crippen LogP contribution in [0.4, 0.5) is 0 Å². The number of aliphatic hydroxyl groups is 1. The molecule has 0 spiro atoms. The van der Waals surface area contributed by atoms with Gasteiger partial charge in [0.1, 0.15) is 11.6 Å². The summed E-state index contributed by atoms with van der Waals surface area (Å²) in [6.07, 6.45) is 2.20. The Morgan fingerprint density at radius 3 is 2.46 bits per heavy atom. The molecule has 0 saturated heterocycles. The zero-order chi connectivity index (χ0) is 18.6. The summed E-state index contributed by atoms with van der Waals surface area (Å²) in [5, 5.41) is 9.42. The Balaban J connectivity index is 1.74. The van der Waals surface area contributed by atoms with Crippen LogP contribution in [0.5, 0.6) is 5.75 Å². The topological polar surface area (TPSA) is 47.3 Å². The van der Waals surface area contributed by atoms with Gasteiger partial charge in [0.15, 0.2) is 0 Å². The Hall–Kier alpha value is -2.33. The molecule has 0 aliphatic carbocycles. The Morgan fingerprint density at radius 1 is 1.04 bits per heavy atom. The highest BCUT2D eigenvalue weighted by Crippen LogP contribution is 2.27. The zero-order valence-electron chi connectivity index (χ0n) is 15.9. The van der Waals surface area contributed by atoms with E-state index in [1.807, 2.05) is 48.5 Å². The molecule has 0 atom stereocenters. The van der Waals surface area contributed by atoms with E-state index in [0.717, 1.165) is 47.6 Å². The van der Waals surface area contributed by atoms with Gasteiger partial charge in [-0.15, -0.1) is 0 Å². The minimum Gasteiger partial charge on any atom is -0.494 e. The van der Waals surface area contributed by atoms with Gasteiger partial charge in [0, 0.05) is 12.1 Å². The zero-order valence-corrected chi connectivity index (χ0v) is 15.9. The van der Waals surface area contributed by atoms with Gasteiger partial charge in [-0.2, -0.15) is 0 Å². The van der Waals surface area contributed by atoms with Crippen molar-refractivity contribution in [3.63, 3.8) is 0 Å². The fourth-order valence-corrected chi connectivity index (χ4v) is 3.11. The highest BCUT2D eigenvalue weighted by molar-refractivity contribution is 5.80. The first-order valence-electron chi connectivity index (χ1n) is 9.27. The van der Waals surface area contributed by atoms with E-state index in [2.05, 4.69) is 25.3 Å². The molecule has 0 aliphatic rings. The van der Waals surface area contributed by atoms with Crippen molar-refractivity contribution in [2.45, 2.75) is 40.2 Å². The van der Waals surface area contributed by atoms with E-state index in [4.69, 9.17) is 9.72 Å². The lowest BCUT2D eigenvalue weighted by molar-refractivity contribution is 0.269. The number of benzene rings is 2. The van der Waals surface area contributed by atoms with Crippen LogP contribution in [-0.2, 0) is 6.54 Å². The first kappa shape index (κ1) is 18.5. The van der Waals surface area contributed by atoms with Gasteiger partial charge < -0.3 is 14.4 Å². The van der Waals surface area contributed by atoms with Crippen molar-refractivity contribution >= 4 is 11.0 Å². The van der Waals surface area contributed by atoms with Crippen LogP contribution in [0.3, 0.4) is 0 Å². The molecule has 0 amide bonds. The second kappa shape index (κ2) is 7.92. The molecule has 0 bridgehead atoms. The summed E-state index contributed by atoms with van der Waals surface area (Å²) in [4.78, 5) is 4.74. The van der Waals surface area contributed by atoms with Crippen molar-refractivity contribution < 1.29 is 9.84 Å². The summed E-state index contributed by atoms with van der Waals surface area (Å²) in [5.41, 5.74) is 3.35. The molecule has 3 rings (SSSR count). The van der Waals surface area contributed by atoms with Gasteiger partial charge in [0.2, 0.25) is 0 Å². The Kier molecular flexibility index (Phi) is 5.62. The van der Waals surface area contributed by atoms with Gasteiger partial charge in [-0.05, 0) is 54.7 Å². The highest BCUT2D eigenvalue weighted by atomic mass is 16.5. The molecule has 3 aromatic rings. The Bertz CT molecular complexity index is 845. The number of hydrogen-bond donors (Lipinski definition) is 1. The lowest BCUT2D eigenvalue weighted by Crippen LogP contribution is -2.08. The first-order valence-corrected chi connectivity index (χ1v) is 9.27. The van der Waals surface area contributed by atoms with Crippen molar-refractivity contribution in [2.24, 2.45) is 5.41 Å². The number of para-hydroxylation sites is 2. The first-order chi connectivity index (χ1) is 12.5. The molecule has 0 unspecified atom stereocenters. The van der Waals surface area contributed by atoms with Crippen molar-refractivity contribution in [1.29, 1.82) is 0 Å². The van der Waals surface area contributed by atoms with Gasteiger partial charge in [-0.25, -0.2) is 4.98 Å². The number of rotatable bonds is 7. The van der Waals surface area contributed by atoms with E-state index < -0.39 is 0 Å². The van der Waals surface area contributed by atoms with Crippen LogP contribution in [0, 0.1) is 5.41 Å². The maximum atomic E-state index is 9.42. The number of fused-ring (bicyclic) bond motifs is 1. The van der Waals surface area contributed by atoms with Crippen LogP contribution in [0.1, 0.15) is 33.6 Å². The lowest BCUT2D eigenvalue weighted by atomic mass is 9.91. The molecular formula is C22H28N2O2. The summed E-state index contributed by atoms with van der Waals surface area (Å²) < 4.78 is 7.93. The minimum absolute atomic E-state index is 0.0856. The van der Waals surface area contributed by atoms with Crippen LogP contribution >= 0.6 is 0 Å². The molecule has 26 heavy (non-hydrogen) atoms. The number of aliphatic hydroxyl groups excluding tert-OH is 1. The van der Waals surface area contributed by atoms with Crippen LogP contribution < -0.4 is 4.74 Å². The molecule has 0 fully saturated rings. The van der Waals surface area contributed by atoms with Gasteiger partial charge in [-0.1, -0.05) is 32.9 Å². The van der Waals surface area contributed by atoms with E-state index in [1.54, 1.807) is 0 Å². The molecule has 1 aromatic heterocycles. The monoisotopic (exact) mass is 352 g/mol. The maximum absolute atomic E-state index is 9.42. The third-order valence-electron chi connectivity index (χ3n) is 4.43. The molecular weight excluding hydrogens is 324 g/mol. The van der Waals surface area contributed by atoms with Crippen molar-refractivity contribution in [3.8, 4) is 17.1 Å². The van der Waals surface area contributed by atoms with Gasteiger partial charge in [0.05, 0.1) is 24.2 Å². The largest absolute Gasteiger partial charge is 0.494 e. The number of ether oxygens (including phenoxy) is 1. The fraction of sp³-hybridized carbons (Fsp3) is 0.409. The SMILES string of the molecule is CC(C)(C)CCCOc1ccc(-c2nc3ccccc3n2CCO)cc1. The predicted octanol–water partition coefficient (Wildman–Crippen LogP) is 4.90. The molecule has 4 heteroatoms. The summed E-state index contributed by atoms with van der Waals surface area (Å²) in [6.45, 7) is 8.10. The predicted molar refractivity (Wildman–Crippen MR) is 106 cm³/mol. The molecule has 2 aromatic carbocycles. The van der Waals surface area contributed by atoms with Gasteiger partial charge >= 0.3 is 0 Å².